The monoisotopic (exact) mass is 268 g/mol. The zero-order valence-corrected chi connectivity index (χ0v) is 11.5. The highest BCUT2D eigenvalue weighted by atomic mass is 19.1. The van der Waals surface area contributed by atoms with Crippen molar-refractivity contribution >= 4 is 5.91 Å². The second kappa shape index (κ2) is 6.02. The molecule has 0 spiro atoms. The van der Waals surface area contributed by atoms with Crippen LogP contribution in [0.1, 0.15) is 37.6 Å². The number of phenolic OH excluding ortho intramolecular Hbond substituents is 1. The summed E-state index contributed by atoms with van der Waals surface area (Å²) in [6, 6.07) is 3.59. The van der Waals surface area contributed by atoms with Crippen LogP contribution in [0, 0.1) is 11.2 Å². The van der Waals surface area contributed by atoms with Gasteiger partial charge in [0.25, 0.3) is 5.91 Å². The Morgan fingerprint density at radius 2 is 2.11 bits per heavy atom. The molecule has 0 aliphatic rings. The van der Waals surface area contributed by atoms with Gasteiger partial charge in [0.05, 0.1) is 0 Å². The quantitative estimate of drug-likeness (QED) is 0.782. The van der Waals surface area contributed by atoms with Gasteiger partial charge in [-0.05, 0) is 30.5 Å². The van der Waals surface area contributed by atoms with E-state index < -0.39 is 11.7 Å². The predicted octanol–water partition coefficient (Wildman–Crippen LogP) is 2.02. The van der Waals surface area contributed by atoms with Crippen molar-refractivity contribution in [2.75, 3.05) is 6.54 Å². The Morgan fingerprint density at radius 3 is 2.58 bits per heavy atom. The van der Waals surface area contributed by atoms with Gasteiger partial charge in [-0.25, -0.2) is 4.39 Å². The van der Waals surface area contributed by atoms with Crippen LogP contribution in [0.4, 0.5) is 4.39 Å². The van der Waals surface area contributed by atoms with Gasteiger partial charge >= 0.3 is 0 Å². The Bertz CT molecular complexity index is 435. The third-order valence-corrected chi connectivity index (χ3v) is 3.02. The molecular weight excluding hydrogens is 247 g/mol. The van der Waals surface area contributed by atoms with Gasteiger partial charge in [-0.1, -0.05) is 26.8 Å². The van der Waals surface area contributed by atoms with Gasteiger partial charge in [-0.3, -0.25) is 4.79 Å². The SMILES string of the molecule is CC(C)(C)C(CCN)NC(=O)c1c(O)cccc1F. The summed E-state index contributed by atoms with van der Waals surface area (Å²) in [5, 5.41) is 12.3. The molecule has 1 rings (SSSR count). The number of nitrogens with two attached hydrogens (primary N) is 1. The summed E-state index contributed by atoms with van der Waals surface area (Å²) in [7, 11) is 0. The molecule has 0 radical (unpaired) electrons. The van der Waals surface area contributed by atoms with Crippen LogP contribution in [0.5, 0.6) is 5.75 Å². The van der Waals surface area contributed by atoms with Crippen molar-refractivity contribution in [2.24, 2.45) is 11.1 Å². The van der Waals surface area contributed by atoms with Gasteiger partial charge in [-0.15, -0.1) is 0 Å². The maximum absolute atomic E-state index is 13.6. The van der Waals surface area contributed by atoms with E-state index in [2.05, 4.69) is 5.32 Å². The molecule has 1 amide bonds. The van der Waals surface area contributed by atoms with Gasteiger partial charge < -0.3 is 16.2 Å². The number of phenols is 1. The summed E-state index contributed by atoms with van der Waals surface area (Å²) in [6.07, 6.45) is 0.588. The van der Waals surface area contributed by atoms with Crippen molar-refractivity contribution < 1.29 is 14.3 Å². The summed E-state index contributed by atoms with van der Waals surface area (Å²) in [4.78, 5) is 12.1. The minimum Gasteiger partial charge on any atom is -0.507 e. The molecule has 1 unspecified atom stereocenters. The number of carbonyl (C=O) groups excluding carboxylic acids is 1. The number of rotatable bonds is 4. The van der Waals surface area contributed by atoms with Crippen LogP contribution in [0.2, 0.25) is 0 Å². The second-order valence-corrected chi connectivity index (χ2v) is 5.60. The molecule has 19 heavy (non-hydrogen) atoms. The molecule has 0 aliphatic carbocycles. The average molecular weight is 268 g/mol. The highest BCUT2D eigenvalue weighted by Gasteiger charge is 2.27. The van der Waals surface area contributed by atoms with Crippen LogP contribution in [0.25, 0.3) is 0 Å². The lowest BCUT2D eigenvalue weighted by Gasteiger charge is -2.31. The molecule has 4 N–H and O–H groups in total. The molecule has 0 fully saturated rings. The van der Waals surface area contributed by atoms with E-state index in [4.69, 9.17) is 5.73 Å². The van der Waals surface area contributed by atoms with Gasteiger partial charge in [0.15, 0.2) is 0 Å². The Morgan fingerprint density at radius 1 is 1.47 bits per heavy atom. The van der Waals surface area contributed by atoms with E-state index >= 15 is 0 Å². The van der Waals surface area contributed by atoms with E-state index in [-0.39, 0.29) is 22.8 Å². The maximum atomic E-state index is 13.6. The molecule has 0 aromatic heterocycles. The third kappa shape index (κ3) is 3.92. The van der Waals surface area contributed by atoms with Crippen molar-refractivity contribution in [1.82, 2.24) is 5.32 Å². The first-order valence-corrected chi connectivity index (χ1v) is 6.25. The maximum Gasteiger partial charge on any atom is 0.258 e. The molecule has 1 atom stereocenters. The first-order chi connectivity index (χ1) is 8.77. The van der Waals surface area contributed by atoms with Crippen molar-refractivity contribution in [3.05, 3.63) is 29.6 Å². The number of carbonyl (C=O) groups is 1. The zero-order valence-electron chi connectivity index (χ0n) is 11.5. The number of hydrogen-bond acceptors (Lipinski definition) is 3. The molecule has 0 aliphatic heterocycles. The summed E-state index contributed by atoms with van der Waals surface area (Å²) in [5.74, 6) is -1.72. The highest BCUT2D eigenvalue weighted by Crippen LogP contribution is 2.24. The lowest BCUT2D eigenvalue weighted by molar-refractivity contribution is 0.0891. The lowest BCUT2D eigenvalue weighted by Crippen LogP contribution is -2.45. The highest BCUT2D eigenvalue weighted by molar-refractivity contribution is 5.97. The van der Waals surface area contributed by atoms with E-state index in [9.17, 15) is 14.3 Å². The van der Waals surface area contributed by atoms with Gasteiger partial charge in [0.2, 0.25) is 0 Å². The van der Waals surface area contributed by atoms with E-state index in [1.54, 1.807) is 0 Å². The van der Waals surface area contributed by atoms with E-state index in [1.807, 2.05) is 20.8 Å². The Labute approximate surface area is 112 Å². The van der Waals surface area contributed by atoms with Crippen molar-refractivity contribution in [3.8, 4) is 5.75 Å². The summed E-state index contributed by atoms with van der Waals surface area (Å²) in [6.45, 7) is 6.32. The summed E-state index contributed by atoms with van der Waals surface area (Å²) in [5.41, 5.74) is 5.00. The largest absolute Gasteiger partial charge is 0.507 e. The minimum absolute atomic E-state index is 0.191. The van der Waals surface area contributed by atoms with E-state index in [0.717, 1.165) is 6.07 Å². The van der Waals surface area contributed by atoms with Crippen LogP contribution in [-0.4, -0.2) is 23.6 Å². The first-order valence-electron chi connectivity index (χ1n) is 6.25. The topological polar surface area (TPSA) is 75.3 Å². The van der Waals surface area contributed by atoms with Gasteiger partial charge in [0.1, 0.15) is 17.1 Å². The van der Waals surface area contributed by atoms with Crippen LogP contribution < -0.4 is 11.1 Å². The fourth-order valence-corrected chi connectivity index (χ4v) is 1.86. The van der Waals surface area contributed by atoms with Gasteiger partial charge in [0, 0.05) is 6.04 Å². The molecule has 5 heteroatoms. The van der Waals surface area contributed by atoms with E-state index in [0.29, 0.717) is 13.0 Å². The Kier molecular flexibility index (Phi) is 4.89. The van der Waals surface area contributed by atoms with Crippen molar-refractivity contribution in [3.63, 3.8) is 0 Å². The van der Waals surface area contributed by atoms with E-state index in [1.165, 1.54) is 12.1 Å². The number of benzene rings is 1. The molecule has 0 bridgehead atoms. The molecule has 0 saturated heterocycles. The first kappa shape index (κ1) is 15.4. The number of aromatic hydroxyl groups is 1. The minimum atomic E-state index is -0.738. The molecular formula is C14H21FN2O2. The number of amides is 1. The second-order valence-electron chi connectivity index (χ2n) is 5.60. The van der Waals surface area contributed by atoms with Crippen LogP contribution in [0.15, 0.2) is 18.2 Å². The predicted molar refractivity (Wildman–Crippen MR) is 72.4 cm³/mol. The Balaban J connectivity index is 2.95. The lowest BCUT2D eigenvalue weighted by atomic mass is 9.84. The normalized spacial score (nSPS) is 13.1. The molecule has 106 valence electrons. The smallest absolute Gasteiger partial charge is 0.258 e. The summed E-state index contributed by atoms with van der Waals surface area (Å²) < 4.78 is 13.6. The number of halogens is 1. The molecule has 1 aromatic carbocycles. The zero-order chi connectivity index (χ0) is 14.6. The summed E-state index contributed by atoms with van der Waals surface area (Å²) >= 11 is 0. The fraction of sp³-hybridized carbons (Fsp3) is 0.500. The van der Waals surface area contributed by atoms with Crippen molar-refractivity contribution in [1.29, 1.82) is 0 Å². The standard InChI is InChI=1S/C14H21FN2O2/c1-14(2,3)11(7-8-16)17-13(19)12-9(15)5-4-6-10(12)18/h4-6,11,18H,7-8,16H2,1-3H3,(H,17,19). The van der Waals surface area contributed by atoms with Gasteiger partial charge in [-0.2, -0.15) is 0 Å². The van der Waals surface area contributed by atoms with Crippen LogP contribution in [0.3, 0.4) is 0 Å². The average Bonchev–Trinajstić information content (AvgIpc) is 2.27. The number of nitrogens with one attached hydrogen (secondary N) is 1. The third-order valence-electron chi connectivity index (χ3n) is 3.02. The van der Waals surface area contributed by atoms with Crippen LogP contribution >= 0.6 is 0 Å². The van der Waals surface area contributed by atoms with Crippen LogP contribution in [-0.2, 0) is 0 Å². The fourth-order valence-electron chi connectivity index (χ4n) is 1.86. The Hall–Kier alpha value is -1.62. The molecule has 1 aromatic rings. The molecule has 0 saturated carbocycles. The number of hydrogen-bond donors (Lipinski definition) is 3. The molecule has 4 nitrogen and oxygen atoms in total. The van der Waals surface area contributed by atoms with Crippen molar-refractivity contribution in [2.45, 2.75) is 33.2 Å². The molecule has 0 heterocycles.